The van der Waals surface area contributed by atoms with Crippen molar-refractivity contribution in [1.29, 1.82) is 0 Å². The quantitative estimate of drug-likeness (QED) is 0.657. The van der Waals surface area contributed by atoms with Gasteiger partial charge in [0.05, 0.1) is 18.3 Å². The largest absolute Gasteiger partial charge is 0.401 e. The third-order valence-electron chi connectivity index (χ3n) is 3.17. The average molecular weight is 356 g/mol. The van der Waals surface area contributed by atoms with Gasteiger partial charge in [-0.2, -0.15) is 18.3 Å². The lowest BCUT2D eigenvalue weighted by Crippen LogP contribution is -2.35. The predicted molar refractivity (Wildman–Crippen MR) is 77.0 cm³/mol. The number of hydrogen-bond acceptors (Lipinski definition) is 2. The molecule has 0 spiro atoms. The van der Waals surface area contributed by atoms with Gasteiger partial charge in [0.2, 0.25) is 0 Å². The van der Waals surface area contributed by atoms with Gasteiger partial charge in [0.1, 0.15) is 0 Å². The first-order valence-corrected chi connectivity index (χ1v) is 7.90. The summed E-state index contributed by atoms with van der Waals surface area (Å²) in [6, 6.07) is 2.12. The van der Waals surface area contributed by atoms with Gasteiger partial charge in [0.25, 0.3) is 0 Å². The molecule has 1 aromatic rings. The van der Waals surface area contributed by atoms with E-state index in [9.17, 15) is 13.2 Å². The molecule has 0 bridgehead atoms. The molecule has 0 aliphatic heterocycles. The molecule has 0 saturated carbocycles. The Morgan fingerprint density at radius 2 is 2.00 bits per heavy atom. The van der Waals surface area contributed by atoms with Crippen molar-refractivity contribution in [2.75, 3.05) is 18.4 Å². The van der Waals surface area contributed by atoms with Crippen molar-refractivity contribution in [3.63, 3.8) is 0 Å². The Bertz CT molecular complexity index is 388. The van der Waals surface area contributed by atoms with Gasteiger partial charge >= 0.3 is 6.18 Å². The van der Waals surface area contributed by atoms with Crippen LogP contribution in [0.4, 0.5) is 13.2 Å². The molecule has 1 rings (SSSR count). The molecule has 0 N–H and O–H groups in total. The summed E-state index contributed by atoms with van der Waals surface area (Å²) >= 11 is 3.19. The Morgan fingerprint density at radius 1 is 1.35 bits per heavy atom. The molecule has 0 aromatic carbocycles. The van der Waals surface area contributed by atoms with Crippen molar-refractivity contribution in [3.05, 3.63) is 18.0 Å². The molecule has 0 atom stereocenters. The first kappa shape index (κ1) is 17.5. The number of alkyl halides is 4. The van der Waals surface area contributed by atoms with E-state index in [1.165, 1.54) is 4.90 Å². The molecule has 1 heterocycles. The van der Waals surface area contributed by atoms with Gasteiger partial charge < -0.3 is 0 Å². The van der Waals surface area contributed by atoms with Crippen molar-refractivity contribution >= 4 is 15.9 Å². The minimum atomic E-state index is -4.18. The molecule has 0 aliphatic carbocycles. The highest BCUT2D eigenvalue weighted by Gasteiger charge is 2.30. The molecule has 0 amide bonds. The van der Waals surface area contributed by atoms with E-state index in [2.05, 4.69) is 34.9 Å². The van der Waals surface area contributed by atoms with Crippen LogP contribution >= 0.6 is 15.9 Å². The van der Waals surface area contributed by atoms with E-state index < -0.39 is 12.7 Å². The summed E-state index contributed by atoms with van der Waals surface area (Å²) in [6.07, 6.45) is -0.399. The normalized spacial score (nSPS) is 12.6. The number of halogens is 4. The molecule has 20 heavy (non-hydrogen) atoms. The highest BCUT2D eigenvalue weighted by molar-refractivity contribution is 9.09. The van der Waals surface area contributed by atoms with Crippen LogP contribution in [0.3, 0.4) is 0 Å². The molecule has 0 unspecified atom stereocenters. The van der Waals surface area contributed by atoms with Crippen molar-refractivity contribution in [1.82, 2.24) is 14.7 Å². The van der Waals surface area contributed by atoms with Crippen LogP contribution < -0.4 is 0 Å². The third kappa shape index (κ3) is 5.83. The van der Waals surface area contributed by atoms with Crippen molar-refractivity contribution in [2.45, 2.75) is 45.5 Å². The molecule has 7 heteroatoms. The van der Waals surface area contributed by atoms with Crippen LogP contribution in [0.1, 0.15) is 38.4 Å². The van der Waals surface area contributed by atoms with E-state index in [1.54, 1.807) is 6.07 Å². The molecular weight excluding hydrogens is 335 g/mol. The maximum atomic E-state index is 12.5. The van der Waals surface area contributed by atoms with Gasteiger partial charge in [0.15, 0.2) is 0 Å². The summed E-state index contributed by atoms with van der Waals surface area (Å²) in [4.78, 5) is 1.36. The molecule has 0 saturated heterocycles. The Hall–Kier alpha value is -0.560. The van der Waals surface area contributed by atoms with Crippen molar-refractivity contribution < 1.29 is 13.2 Å². The zero-order valence-electron chi connectivity index (χ0n) is 11.8. The molecule has 1 aromatic heterocycles. The zero-order chi connectivity index (χ0) is 15.2. The number of aromatic nitrogens is 2. The van der Waals surface area contributed by atoms with E-state index in [0.717, 1.165) is 12.8 Å². The van der Waals surface area contributed by atoms with Gasteiger partial charge in [-0.05, 0) is 18.9 Å². The molecule has 0 fully saturated rings. The highest BCUT2D eigenvalue weighted by Crippen LogP contribution is 2.19. The molecule has 116 valence electrons. The lowest BCUT2D eigenvalue weighted by molar-refractivity contribution is -0.146. The van der Waals surface area contributed by atoms with Gasteiger partial charge in [-0.1, -0.05) is 29.8 Å². The van der Waals surface area contributed by atoms with Gasteiger partial charge in [0, 0.05) is 24.6 Å². The lowest BCUT2D eigenvalue weighted by atomic mass is 10.2. The third-order valence-corrected chi connectivity index (χ3v) is 3.52. The van der Waals surface area contributed by atoms with Crippen LogP contribution in [0.25, 0.3) is 0 Å². The van der Waals surface area contributed by atoms with Crippen LogP contribution in [0, 0.1) is 0 Å². The summed E-state index contributed by atoms with van der Waals surface area (Å²) in [6.45, 7) is 3.82. The first-order chi connectivity index (χ1) is 9.39. The summed E-state index contributed by atoms with van der Waals surface area (Å²) in [5.74, 6) is 0. The fourth-order valence-corrected chi connectivity index (χ4v) is 2.65. The molecular formula is C13H21BrF3N3. The molecule has 3 nitrogen and oxygen atoms in total. The second kappa shape index (κ2) is 8.02. The summed E-state index contributed by atoms with van der Waals surface area (Å²) in [5, 5.41) is 4.91. The fraction of sp³-hybridized carbons (Fsp3) is 0.769. The summed E-state index contributed by atoms with van der Waals surface area (Å²) < 4.78 is 39.3. The van der Waals surface area contributed by atoms with E-state index >= 15 is 0 Å². The minimum absolute atomic E-state index is 0.220. The highest BCUT2D eigenvalue weighted by atomic mass is 79.9. The van der Waals surface area contributed by atoms with Gasteiger partial charge in [-0.25, -0.2) is 0 Å². The van der Waals surface area contributed by atoms with Crippen LogP contribution in [-0.2, 0) is 6.54 Å². The van der Waals surface area contributed by atoms with E-state index in [-0.39, 0.29) is 6.54 Å². The van der Waals surface area contributed by atoms with Crippen molar-refractivity contribution in [2.24, 2.45) is 0 Å². The predicted octanol–water partition coefficient (Wildman–Crippen LogP) is 4.00. The Kier molecular flexibility index (Phi) is 7.02. The van der Waals surface area contributed by atoms with E-state index in [1.807, 2.05) is 10.9 Å². The second-order valence-electron chi connectivity index (χ2n) is 4.77. The number of rotatable bonds is 8. The summed E-state index contributed by atoms with van der Waals surface area (Å²) in [7, 11) is 0. The topological polar surface area (TPSA) is 21.1 Å². The summed E-state index contributed by atoms with van der Waals surface area (Å²) in [5.41, 5.74) is 0.683. The van der Waals surface area contributed by atoms with Crippen molar-refractivity contribution in [3.8, 4) is 0 Å². The van der Waals surface area contributed by atoms with Crippen LogP contribution in [0.15, 0.2) is 12.3 Å². The average Bonchev–Trinajstić information content (AvgIpc) is 2.77. The SMILES string of the molecule is CCC(CC)n1ccc(CN(CCBr)CC(F)(F)F)n1. The Balaban J connectivity index is 2.69. The van der Waals surface area contributed by atoms with Gasteiger partial charge in [-0.3, -0.25) is 9.58 Å². The van der Waals surface area contributed by atoms with E-state index in [4.69, 9.17) is 0 Å². The minimum Gasteiger partial charge on any atom is -0.288 e. The first-order valence-electron chi connectivity index (χ1n) is 6.78. The maximum absolute atomic E-state index is 12.5. The lowest BCUT2D eigenvalue weighted by Gasteiger charge is -2.21. The van der Waals surface area contributed by atoms with E-state index in [0.29, 0.717) is 23.6 Å². The second-order valence-corrected chi connectivity index (χ2v) is 5.57. The zero-order valence-corrected chi connectivity index (χ0v) is 13.4. The fourth-order valence-electron chi connectivity index (χ4n) is 2.14. The number of nitrogens with zero attached hydrogens (tertiary/aromatic N) is 3. The Morgan fingerprint density at radius 3 is 2.50 bits per heavy atom. The van der Waals surface area contributed by atoms with Crippen LogP contribution in [0.5, 0.6) is 0 Å². The van der Waals surface area contributed by atoms with Crippen LogP contribution in [-0.4, -0.2) is 39.3 Å². The van der Waals surface area contributed by atoms with Crippen LogP contribution in [0.2, 0.25) is 0 Å². The van der Waals surface area contributed by atoms with Gasteiger partial charge in [-0.15, -0.1) is 0 Å². The standard InChI is InChI=1S/C13H21BrF3N3/c1-3-12(4-2)20-7-5-11(18-20)9-19(8-6-14)10-13(15,16)17/h5,7,12H,3-4,6,8-10H2,1-2H3. The maximum Gasteiger partial charge on any atom is 0.401 e. The smallest absolute Gasteiger partial charge is 0.288 e. The molecule has 0 aliphatic rings. The number of hydrogen-bond donors (Lipinski definition) is 0. The Labute approximate surface area is 126 Å². The molecule has 0 radical (unpaired) electrons. The monoisotopic (exact) mass is 355 g/mol.